The number of benzene rings is 1. The van der Waals surface area contributed by atoms with Crippen LogP contribution in [0.15, 0.2) is 48.6 Å². The Kier molecular flexibility index (Phi) is 2.01. The van der Waals surface area contributed by atoms with Crippen molar-refractivity contribution < 1.29 is 5.11 Å². The summed E-state index contributed by atoms with van der Waals surface area (Å²) in [7, 11) is 0. The smallest absolute Gasteiger partial charge is 0.0864 e. The third-order valence-electron chi connectivity index (χ3n) is 2.06. The van der Waals surface area contributed by atoms with Crippen molar-refractivity contribution in [1.82, 2.24) is 0 Å². The Morgan fingerprint density at radius 2 is 1.54 bits per heavy atom. The molecule has 0 saturated heterocycles. The summed E-state index contributed by atoms with van der Waals surface area (Å²) in [5.41, 5.74) is 1.21. The number of hydrogen-bond donors (Lipinski definition) is 1. The van der Waals surface area contributed by atoms with Gasteiger partial charge in [-0.25, -0.2) is 0 Å². The molecule has 0 radical (unpaired) electrons. The fraction of sp³-hybridized carbons (Fsp3) is 0. The third-order valence-corrected chi connectivity index (χ3v) is 2.06. The minimum absolute atomic E-state index is 0.829. The molecule has 2 rings (SSSR count). The van der Waals surface area contributed by atoms with Gasteiger partial charge in [-0.2, -0.15) is 0 Å². The normalized spacial score (nSPS) is 13.7. The van der Waals surface area contributed by atoms with Crippen molar-refractivity contribution in [3.05, 3.63) is 59.0 Å². The van der Waals surface area contributed by atoms with E-state index in [0.717, 1.165) is 11.5 Å². The van der Waals surface area contributed by atoms with Gasteiger partial charge in [0.05, 0.1) is 6.26 Å². The first-order chi connectivity index (χ1) is 6.40. The van der Waals surface area contributed by atoms with Crippen LogP contribution < -0.4 is 10.4 Å². The molecule has 1 aliphatic rings. The third kappa shape index (κ3) is 1.54. The second-order valence-corrected chi connectivity index (χ2v) is 2.92. The summed E-state index contributed by atoms with van der Waals surface area (Å²) in [5.74, 6) is 0. The first-order valence-corrected chi connectivity index (χ1v) is 4.20. The zero-order chi connectivity index (χ0) is 9.10. The highest BCUT2D eigenvalue weighted by molar-refractivity contribution is 5.71. The van der Waals surface area contributed by atoms with E-state index in [1.54, 1.807) is 0 Å². The van der Waals surface area contributed by atoms with Gasteiger partial charge in [-0.1, -0.05) is 48.6 Å². The molecule has 1 aliphatic carbocycles. The monoisotopic (exact) mass is 170 g/mol. The molecular formula is C12H10O. The molecule has 1 N–H and O–H groups in total. The number of rotatable bonds is 0. The molecule has 0 bridgehead atoms. The number of aliphatic hydroxyl groups excluding tert-OH is 1. The van der Waals surface area contributed by atoms with Crippen LogP contribution in [0.2, 0.25) is 0 Å². The van der Waals surface area contributed by atoms with Crippen LogP contribution >= 0.6 is 0 Å². The largest absolute Gasteiger partial charge is 0.515 e. The zero-order valence-corrected chi connectivity index (χ0v) is 7.14. The minimum Gasteiger partial charge on any atom is -0.515 e. The molecule has 0 unspecified atom stereocenters. The molecule has 0 atom stereocenters. The maximum absolute atomic E-state index is 8.73. The summed E-state index contributed by atoms with van der Waals surface area (Å²) >= 11 is 0. The van der Waals surface area contributed by atoms with E-state index in [1.165, 1.54) is 10.8 Å². The summed E-state index contributed by atoms with van der Waals surface area (Å²) in [4.78, 5) is 0. The van der Waals surface area contributed by atoms with Crippen LogP contribution in [0, 0.1) is 0 Å². The van der Waals surface area contributed by atoms with Crippen LogP contribution in [0.25, 0.3) is 11.8 Å². The Balaban J connectivity index is 2.61. The summed E-state index contributed by atoms with van der Waals surface area (Å²) in [5, 5.41) is 10.7. The van der Waals surface area contributed by atoms with E-state index in [0.29, 0.717) is 0 Å². The van der Waals surface area contributed by atoms with Gasteiger partial charge in [0.1, 0.15) is 0 Å². The van der Waals surface area contributed by atoms with Gasteiger partial charge in [-0.3, -0.25) is 0 Å². The average Bonchev–Trinajstić information content (AvgIpc) is 2.71. The molecule has 1 nitrogen and oxygen atoms in total. The second kappa shape index (κ2) is 3.31. The molecule has 0 amide bonds. The van der Waals surface area contributed by atoms with Crippen LogP contribution in [0.1, 0.15) is 0 Å². The minimum atomic E-state index is 0.829. The number of allylic oxidation sites excluding steroid dienone is 4. The molecule has 1 heteroatoms. The van der Waals surface area contributed by atoms with Gasteiger partial charge >= 0.3 is 0 Å². The van der Waals surface area contributed by atoms with E-state index in [4.69, 9.17) is 5.11 Å². The summed E-state index contributed by atoms with van der Waals surface area (Å²) in [6, 6.07) is 7.78. The predicted octanol–water partition coefficient (Wildman–Crippen LogP) is 1.26. The fourth-order valence-electron chi connectivity index (χ4n) is 1.33. The van der Waals surface area contributed by atoms with Crippen LogP contribution in [0.4, 0.5) is 0 Å². The molecule has 64 valence electrons. The topological polar surface area (TPSA) is 20.2 Å². The van der Waals surface area contributed by atoms with Gasteiger partial charge in [0, 0.05) is 5.22 Å². The lowest BCUT2D eigenvalue weighted by Crippen LogP contribution is -2.08. The lowest BCUT2D eigenvalue weighted by molar-refractivity contribution is 0.540. The zero-order valence-electron chi connectivity index (χ0n) is 7.14. The van der Waals surface area contributed by atoms with Gasteiger partial charge in [0.25, 0.3) is 0 Å². The van der Waals surface area contributed by atoms with Gasteiger partial charge in [0.2, 0.25) is 0 Å². The summed E-state index contributed by atoms with van der Waals surface area (Å²) < 4.78 is 0. The Morgan fingerprint density at radius 3 is 2.08 bits per heavy atom. The number of aliphatic hydroxyl groups is 1. The summed E-state index contributed by atoms with van der Waals surface area (Å²) in [6.45, 7) is 0. The fourth-order valence-corrected chi connectivity index (χ4v) is 1.33. The number of hydrogen-bond acceptors (Lipinski definition) is 1. The molecule has 0 heterocycles. The Labute approximate surface area is 76.7 Å². The maximum Gasteiger partial charge on any atom is 0.0864 e. The Morgan fingerprint density at radius 1 is 0.923 bits per heavy atom. The van der Waals surface area contributed by atoms with Crippen molar-refractivity contribution in [2.75, 3.05) is 0 Å². The van der Waals surface area contributed by atoms with E-state index in [1.807, 2.05) is 36.4 Å². The van der Waals surface area contributed by atoms with Gasteiger partial charge < -0.3 is 5.11 Å². The molecule has 13 heavy (non-hydrogen) atoms. The SMILES string of the molecule is OC=c1ccc(=C2C=CC=C2)cc1. The molecule has 0 aliphatic heterocycles. The van der Waals surface area contributed by atoms with Gasteiger partial charge in [0.15, 0.2) is 0 Å². The van der Waals surface area contributed by atoms with Gasteiger partial charge in [-0.05, 0) is 10.8 Å². The van der Waals surface area contributed by atoms with Crippen molar-refractivity contribution in [2.45, 2.75) is 0 Å². The van der Waals surface area contributed by atoms with Crippen LogP contribution in [-0.4, -0.2) is 5.11 Å². The Bertz CT molecular complexity index is 441. The summed E-state index contributed by atoms with van der Waals surface area (Å²) in [6.07, 6.45) is 9.27. The van der Waals surface area contributed by atoms with Crippen LogP contribution in [-0.2, 0) is 0 Å². The van der Waals surface area contributed by atoms with Crippen LogP contribution in [0.5, 0.6) is 0 Å². The quantitative estimate of drug-likeness (QED) is 0.621. The lowest BCUT2D eigenvalue weighted by atomic mass is 10.2. The standard InChI is InChI=1S/C12H10O/c13-9-10-5-7-12(8-6-10)11-3-1-2-4-11/h1-9,13H. The molecule has 1 aromatic carbocycles. The molecule has 0 saturated carbocycles. The van der Waals surface area contributed by atoms with Crippen molar-refractivity contribution >= 4 is 11.8 Å². The molecule has 0 fully saturated rings. The predicted molar refractivity (Wildman–Crippen MR) is 54.5 cm³/mol. The lowest BCUT2D eigenvalue weighted by Gasteiger charge is -1.90. The van der Waals surface area contributed by atoms with Crippen LogP contribution in [0.3, 0.4) is 0 Å². The highest BCUT2D eigenvalue weighted by atomic mass is 16.2. The van der Waals surface area contributed by atoms with E-state index in [2.05, 4.69) is 12.2 Å². The first kappa shape index (κ1) is 7.87. The molecule has 0 aromatic heterocycles. The Hall–Kier alpha value is -1.76. The molecular weight excluding hydrogens is 160 g/mol. The second-order valence-electron chi connectivity index (χ2n) is 2.92. The van der Waals surface area contributed by atoms with Crippen molar-refractivity contribution in [3.8, 4) is 0 Å². The molecule has 0 spiro atoms. The van der Waals surface area contributed by atoms with Crippen molar-refractivity contribution in [2.24, 2.45) is 0 Å². The van der Waals surface area contributed by atoms with E-state index >= 15 is 0 Å². The van der Waals surface area contributed by atoms with Crippen molar-refractivity contribution in [3.63, 3.8) is 0 Å². The average molecular weight is 170 g/mol. The first-order valence-electron chi connectivity index (χ1n) is 4.20. The highest BCUT2D eigenvalue weighted by Gasteiger charge is 1.91. The van der Waals surface area contributed by atoms with E-state index in [-0.39, 0.29) is 0 Å². The van der Waals surface area contributed by atoms with Gasteiger partial charge in [-0.15, -0.1) is 0 Å². The molecule has 1 aromatic rings. The van der Waals surface area contributed by atoms with E-state index in [9.17, 15) is 0 Å². The van der Waals surface area contributed by atoms with E-state index < -0.39 is 0 Å². The van der Waals surface area contributed by atoms with Crippen molar-refractivity contribution in [1.29, 1.82) is 0 Å². The maximum atomic E-state index is 8.73. The highest BCUT2D eigenvalue weighted by Crippen LogP contribution is 2.05.